The summed E-state index contributed by atoms with van der Waals surface area (Å²) in [5.41, 5.74) is 1.25. The molecule has 0 unspecified atom stereocenters. The fourth-order valence-corrected chi connectivity index (χ4v) is 2.68. The summed E-state index contributed by atoms with van der Waals surface area (Å²) in [5.74, 6) is 0. The van der Waals surface area contributed by atoms with Gasteiger partial charge in [-0.2, -0.15) is 0 Å². The highest BCUT2D eigenvalue weighted by Crippen LogP contribution is 2.21. The Morgan fingerprint density at radius 1 is 1.29 bits per heavy atom. The highest BCUT2D eigenvalue weighted by atomic mass is 79.9. The van der Waals surface area contributed by atoms with Crippen LogP contribution in [0.1, 0.15) is 6.92 Å². The van der Waals surface area contributed by atoms with Crippen LogP contribution < -0.4 is 4.90 Å². The number of hydrogen-bond donors (Lipinski definition) is 1. The first-order chi connectivity index (χ1) is 8.08. The fraction of sp³-hybridized carbons (Fsp3) is 0.500. The van der Waals surface area contributed by atoms with Gasteiger partial charge in [0, 0.05) is 35.8 Å². The van der Waals surface area contributed by atoms with Gasteiger partial charge in [-0.15, -0.1) is 0 Å². The van der Waals surface area contributed by atoms with Crippen molar-refractivity contribution in [2.75, 3.05) is 24.5 Å². The molecule has 2 rings (SSSR count). The van der Waals surface area contributed by atoms with Crippen LogP contribution in [0.15, 0.2) is 28.7 Å². The van der Waals surface area contributed by atoms with Crippen molar-refractivity contribution in [2.24, 2.45) is 0 Å². The summed E-state index contributed by atoms with van der Waals surface area (Å²) in [7, 11) is -0.350. The Balaban J connectivity index is 2.04. The van der Waals surface area contributed by atoms with Crippen LogP contribution in [0.4, 0.5) is 5.69 Å². The van der Waals surface area contributed by atoms with Crippen molar-refractivity contribution >= 4 is 28.7 Å². The summed E-state index contributed by atoms with van der Waals surface area (Å²) >= 11 is 3.45. The minimum atomic E-state index is -0.350. The number of benzene rings is 1. The largest absolute Gasteiger partial charge is 0.437 e. The van der Waals surface area contributed by atoms with E-state index in [0.717, 1.165) is 24.1 Å². The third kappa shape index (κ3) is 3.03. The van der Waals surface area contributed by atoms with Crippen LogP contribution >= 0.6 is 15.9 Å². The van der Waals surface area contributed by atoms with E-state index in [2.05, 4.69) is 56.8 Å². The zero-order valence-corrected chi connectivity index (χ0v) is 11.9. The third-order valence-corrected chi connectivity index (χ3v) is 3.88. The number of anilines is 1. The molecule has 0 spiro atoms. The average Bonchev–Trinajstić information content (AvgIpc) is 2.29. The Kier molecular flexibility index (Phi) is 4.12. The summed E-state index contributed by atoms with van der Waals surface area (Å²) < 4.78 is 1.11. The Morgan fingerprint density at radius 2 is 1.94 bits per heavy atom. The van der Waals surface area contributed by atoms with Gasteiger partial charge in [-0.25, -0.2) is 0 Å². The van der Waals surface area contributed by atoms with Gasteiger partial charge in [0.1, 0.15) is 0 Å². The quantitative estimate of drug-likeness (QED) is 0.847. The molecule has 92 valence electrons. The molecule has 0 radical (unpaired) electrons. The van der Waals surface area contributed by atoms with Gasteiger partial charge < -0.3 is 14.7 Å². The van der Waals surface area contributed by atoms with E-state index in [-0.39, 0.29) is 7.05 Å². The Labute approximate surface area is 112 Å². The van der Waals surface area contributed by atoms with E-state index in [1.165, 1.54) is 5.69 Å². The lowest BCUT2D eigenvalue weighted by Crippen LogP contribution is -2.56. The second kappa shape index (κ2) is 5.42. The van der Waals surface area contributed by atoms with Gasteiger partial charge in [-0.1, -0.05) is 15.9 Å². The predicted octanol–water partition coefficient (Wildman–Crippen LogP) is 2.07. The Bertz CT molecular complexity index is 371. The molecule has 1 N–H and O–H groups in total. The van der Waals surface area contributed by atoms with Crippen molar-refractivity contribution in [3.63, 3.8) is 0 Å². The maximum Gasteiger partial charge on any atom is 0.376 e. The Hall–Kier alpha value is -0.515. The molecule has 0 amide bonds. The molecule has 0 saturated carbocycles. The molecule has 1 fully saturated rings. The minimum Gasteiger partial charge on any atom is -0.437 e. The molecule has 1 aromatic rings. The van der Waals surface area contributed by atoms with E-state index in [0.29, 0.717) is 6.04 Å². The second-order valence-electron chi connectivity index (χ2n) is 4.64. The van der Waals surface area contributed by atoms with Crippen LogP contribution in [-0.2, 0) is 0 Å². The normalized spacial score (nSPS) is 21.6. The topological polar surface area (TPSA) is 26.7 Å². The SMILES string of the molecule is CB(O)N1CCN(c2ccc(Br)cc2)C[C@@H]1C. The van der Waals surface area contributed by atoms with E-state index in [9.17, 15) is 5.02 Å². The van der Waals surface area contributed by atoms with Gasteiger partial charge in [0.25, 0.3) is 0 Å². The predicted molar refractivity (Wildman–Crippen MR) is 76.4 cm³/mol. The highest BCUT2D eigenvalue weighted by Gasteiger charge is 2.28. The summed E-state index contributed by atoms with van der Waals surface area (Å²) in [6, 6.07) is 8.79. The van der Waals surface area contributed by atoms with Crippen molar-refractivity contribution in [3.8, 4) is 0 Å². The van der Waals surface area contributed by atoms with Crippen molar-refractivity contribution in [1.29, 1.82) is 0 Å². The van der Waals surface area contributed by atoms with Crippen LogP contribution in [0.2, 0.25) is 6.82 Å². The van der Waals surface area contributed by atoms with Crippen LogP contribution in [-0.4, -0.2) is 42.6 Å². The number of nitrogens with zero attached hydrogens (tertiary/aromatic N) is 2. The molecule has 17 heavy (non-hydrogen) atoms. The van der Waals surface area contributed by atoms with Crippen LogP contribution in [0, 0.1) is 0 Å². The van der Waals surface area contributed by atoms with E-state index in [1.54, 1.807) is 0 Å². The summed E-state index contributed by atoms with van der Waals surface area (Å²) in [4.78, 5) is 4.51. The first kappa shape index (κ1) is 12.9. The van der Waals surface area contributed by atoms with Crippen LogP contribution in [0.25, 0.3) is 0 Å². The molecule has 1 aliphatic heterocycles. The van der Waals surface area contributed by atoms with Crippen molar-refractivity contribution in [1.82, 2.24) is 4.81 Å². The molecule has 0 aromatic heterocycles. The molecular formula is C12H18BBrN2O. The molecule has 0 aliphatic carbocycles. The first-order valence-electron chi connectivity index (χ1n) is 6.02. The van der Waals surface area contributed by atoms with Crippen LogP contribution in [0.5, 0.6) is 0 Å². The maximum absolute atomic E-state index is 9.64. The average molecular weight is 297 g/mol. The second-order valence-corrected chi connectivity index (χ2v) is 5.56. The molecule has 0 bridgehead atoms. The van der Waals surface area contributed by atoms with Gasteiger partial charge in [-0.3, -0.25) is 0 Å². The van der Waals surface area contributed by atoms with E-state index in [1.807, 2.05) is 6.82 Å². The zero-order valence-electron chi connectivity index (χ0n) is 10.3. The summed E-state index contributed by atoms with van der Waals surface area (Å²) in [6.45, 7) is 6.85. The van der Waals surface area contributed by atoms with E-state index in [4.69, 9.17) is 0 Å². The monoisotopic (exact) mass is 296 g/mol. The van der Waals surface area contributed by atoms with E-state index < -0.39 is 0 Å². The highest BCUT2D eigenvalue weighted by molar-refractivity contribution is 9.10. The van der Waals surface area contributed by atoms with Crippen molar-refractivity contribution in [2.45, 2.75) is 19.8 Å². The number of halogens is 1. The van der Waals surface area contributed by atoms with Crippen LogP contribution in [0.3, 0.4) is 0 Å². The zero-order chi connectivity index (χ0) is 12.4. The van der Waals surface area contributed by atoms with Gasteiger partial charge in [0.15, 0.2) is 0 Å². The molecule has 5 heteroatoms. The molecular weight excluding hydrogens is 279 g/mol. The summed E-state index contributed by atoms with van der Waals surface area (Å²) in [6.07, 6.45) is 0. The smallest absolute Gasteiger partial charge is 0.376 e. The maximum atomic E-state index is 9.64. The lowest BCUT2D eigenvalue weighted by atomic mass is 9.82. The molecule has 1 aromatic carbocycles. The van der Waals surface area contributed by atoms with Gasteiger partial charge in [-0.05, 0) is 38.0 Å². The summed E-state index contributed by atoms with van der Waals surface area (Å²) in [5, 5.41) is 9.64. The molecule has 1 saturated heterocycles. The van der Waals surface area contributed by atoms with Crippen molar-refractivity contribution < 1.29 is 5.02 Å². The Morgan fingerprint density at radius 3 is 2.47 bits per heavy atom. The fourth-order valence-electron chi connectivity index (χ4n) is 2.41. The van der Waals surface area contributed by atoms with Gasteiger partial charge in [0.05, 0.1) is 0 Å². The number of rotatable bonds is 2. The molecule has 1 aliphatic rings. The lowest BCUT2D eigenvalue weighted by molar-refractivity contribution is 0.273. The molecule has 1 heterocycles. The van der Waals surface area contributed by atoms with Gasteiger partial charge >= 0.3 is 7.05 Å². The molecule has 3 nitrogen and oxygen atoms in total. The number of hydrogen-bond acceptors (Lipinski definition) is 3. The minimum absolute atomic E-state index is 0.350. The van der Waals surface area contributed by atoms with Crippen molar-refractivity contribution in [3.05, 3.63) is 28.7 Å². The molecule has 1 atom stereocenters. The third-order valence-electron chi connectivity index (χ3n) is 3.35. The number of piperazine rings is 1. The standard InChI is InChI=1S/C12H18BBrN2O/c1-10-9-15(7-8-16(10)13(2)17)12-5-3-11(14)4-6-12/h3-6,10,17H,7-9H2,1-2H3/t10-/m0/s1. The lowest BCUT2D eigenvalue weighted by Gasteiger charge is -2.41. The first-order valence-corrected chi connectivity index (χ1v) is 6.81. The van der Waals surface area contributed by atoms with E-state index >= 15 is 0 Å². The van der Waals surface area contributed by atoms with Gasteiger partial charge in [0.2, 0.25) is 0 Å².